The minimum Gasteiger partial charge on any atom is -0.380 e. The summed E-state index contributed by atoms with van der Waals surface area (Å²) in [6.45, 7) is 7.56. The van der Waals surface area contributed by atoms with E-state index in [4.69, 9.17) is 46.4 Å². The van der Waals surface area contributed by atoms with Crippen LogP contribution >= 0.6 is 59.9 Å². The third-order valence-electron chi connectivity index (χ3n) is 8.69. The molecule has 2 N–H and O–H groups in total. The molecule has 44 heavy (non-hydrogen) atoms. The number of carbonyl (C=O) groups is 3. The van der Waals surface area contributed by atoms with Gasteiger partial charge in [0.1, 0.15) is 0 Å². The number of hydrogen-bond acceptors (Lipinski definition) is 6. The molecule has 5 rings (SSSR count). The van der Waals surface area contributed by atoms with E-state index < -0.39 is 5.60 Å². The molecule has 0 spiro atoms. The molecular weight excluding hydrogens is 668 g/mol. The van der Waals surface area contributed by atoms with Crippen molar-refractivity contribution in [3.8, 4) is 0 Å². The highest BCUT2D eigenvalue weighted by molar-refractivity contribution is 7.59. The number of likely N-dealkylation sites (tertiary alicyclic amines) is 2. The normalized spacial score (nSPS) is 19.6. The van der Waals surface area contributed by atoms with Crippen LogP contribution in [0.4, 0.5) is 5.69 Å². The molecule has 0 aromatic heterocycles. The fourth-order valence-electron chi connectivity index (χ4n) is 6.11. The number of aliphatic hydroxyl groups is 1. The van der Waals surface area contributed by atoms with E-state index >= 15 is 0 Å². The number of amides is 3. The van der Waals surface area contributed by atoms with Gasteiger partial charge in [0.25, 0.3) is 11.8 Å². The Balaban J connectivity index is 0.00000442. The fourth-order valence-corrected chi connectivity index (χ4v) is 7.23. The average molecular weight is 706 g/mol. The highest BCUT2D eigenvalue weighted by Gasteiger charge is 2.41. The van der Waals surface area contributed by atoms with Crippen LogP contribution in [0.5, 0.6) is 0 Å². The van der Waals surface area contributed by atoms with Gasteiger partial charge in [0.05, 0.1) is 21.7 Å². The minimum atomic E-state index is -1.77. The molecule has 14 heteroatoms. The lowest BCUT2D eigenvalue weighted by Gasteiger charge is -2.48. The summed E-state index contributed by atoms with van der Waals surface area (Å²) in [7, 11) is 0. The van der Waals surface area contributed by atoms with Gasteiger partial charge in [0.2, 0.25) is 5.91 Å². The number of hydrogen-bond donors (Lipinski definition) is 2. The summed E-state index contributed by atoms with van der Waals surface area (Å²) in [4.78, 5) is 45.4. The van der Waals surface area contributed by atoms with Crippen LogP contribution in [0, 0.1) is 0 Å². The van der Waals surface area contributed by atoms with Crippen molar-refractivity contribution >= 4 is 83.3 Å². The molecule has 3 fully saturated rings. The standard InChI is InChI=1S/C30H35Cl4N5O4.H2S/c1-18(40)36-9-11-37(12-10-36)28(41)27-25(33)14-20(15-26(27)34)35-21-16-39(17-21)22-5-7-38(8-6-22)29(42)30(2,43)23-13-19(31)3-4-24(23)32;/h3-4,13-15,21-22,35,43H,5-12,16-17H2,1-2H3;1H2/t30-;/m0./s1. The summed E-state index contributed by atoms with van der Waals surface area (Å²) in [6, 6.07) is 8.73. The Morgan fingerprint density at radius 1 is 0.841 bits per heavy atom. The fraction of sp³-hybridized carbons (Fsp3) is 0.500. The van der Waals surface area contributed by atoms with Gasteiger partial charge < -0.3 is 25.1 Å². The van der Waals surface area contributed by atoms with Gasteiger partial charge in [-0.1, -0.05) is 46.4 Å². The molecular formula is C30H37Cl4N5O4S. The summed E-state index contributed by atoms with van der Waals surface area (Å²) in [6.07, 6.45) is 1.60. The molecule has 0 unspecified atom stereocenters. The topological polar surface area (TPSA) is 96.4 Å². The molecule has 3 amide bonds. The molecule has 0 saturated carbocycles. The summed E-state index contributed by atoms with van der Waals surface area (Å²) >= 11 is 25.4. The van der Waals surface area contributed by atoms with E-state index in [2.05, 4.69) is 10.2 Å². The van der Waals surface area contributed by atoms with E-state index in [0.29, 0.717) is 60.9 Å². The Hall–Kier alpha value is -1.92. The first-order valence-corrected chi connectivity index (χ1v) is 15.9. The van der Waals surface area contributed by atoms with Gasteiger partial charge in [0, 0.05) is 86.6 Å². The van der Waals surface area contributed by atoms with Gasteiger partial charge in [-0.15, -0.1) is 0 Å². The lowest BCUT2D eigenvalue weighted by molar-refractivity contribution is -0.152. The Bertz CT molecular complexity index is 1380. The third-order valence-corrected chi connectivity index (χ3v) is 9.85. The molecule has 3 aliphatic rings. The Labute approximate surface area is 284 Å². The number of halogens is 4. The van der Waals surface area contributed by atoms with E-state index in [1.165, 1.54) is 19.9 Å². The highest BCUT2D eigenvalue weighted by atomic mass is 35.5. The van der Waals surface area contributed by atoms with Gasteiger partial charge >= 0.3 is 0 Å². The number of piperazine rings is 1. The summed E-state index contributed by atoms with van der Waals surface area (Å²) in [5.41, 5.74) is -0.442. The maximum atomic E-state index is 13.2. The van der Waals surface area contributed by atoms with Crippen molar-refractivity contribution in [2.45, 2.75) is 44.4 Å². The Morgan fingerprint density at radius 3 is 1.98 bits per heavy atom. The Morgan fingerprint density at radius 2 is 1.41 bits per heavy atom. The molecule has 0 aliphatic carbocycles. The van der Waals surface area contributed by atoms with E-state index in [-0.39, 0.29) is 52.9 Å². The van der Waals surface area contributed by atoms with Crippen LogP contribution in [-0.4, -0.2) is 107 Å². The number of benzene rings is 2. The molecule has 2 aromatic carbocycles. The van der Waals surface area contributed by atoms with Crippen LogP contribution in [0.3, 0.4) is 0 Å². The predicted molar refractivity (Wildman–Crippen MR) is 180 cm³/mol. The molecule has 240 valence electrons. The first-order valence-electron chi connectivity index (χ1n) is 14.4. The smallest absolute Gasteiger partial charge is 0.258 e. The molecule has 0 bridgehead atoms. The van der Waals surface area contributed by atoms with E-state index in [0.717, 1.165) is 31.6 Å². The van der Waals surface area contributed by atoms with Crippen LogP contribution in [0.1, 0.15) is 42.6 Å². The number of rotatable bonds is 6. The van der Waals surface area contributed by atoms with Crippen molar-refractivity contribution < 1.29 is 19.5 Å². The summed E-state index contributed by atoms with van der Waals surface area (Å²) in [5, 5.41) is 15.8. The quantitative estimate of drug-likeness (QED) is 0.453. The molecule has 0 radical (unpaired) electrons. The number of nitrogens with one attached hydrogen (secondary N) is 1. The van der Waals surface area contributed by atoms with E-state index in [9.17, 15) is 19.5 Å². The van der Waals surface area contributed by atoms with Gasteiger partial charge in [-0.25, -0.2) is 0 Å². The van der Waals surface area contributed by atoms with Crippen LogP contribution in [0.25, 0.3) is 0 Å². The zero-order valence-electron chi connectivity index (χ0n) is 24.6. The minimum absolute atomic E-state index is 0. The van der Waals surface area contributed by atoms with Crippen molar-refractivity contribution in [3.05, 3.63) is 61.5 Å². The van der Waals surface area contributed by atoms with Crippen molar-refractivity contribution in [3.63, 3.8) is 0 Å². The predicted octanol–water partition coefficient (Wildman–Crippen LogP) is 4.71. The van der Waals surface area contributed by atoms with Crippen molar-refractivity contribution in [2.24, 2.45) is 0 Å². The number of piperidine rings is 1. The Kier molecular flexibility index (Phi) is 11.3. The van der Waals surface area contributed by atoms with Crippen LogP contribution < -0.4 is 5.32 Å². The van der Waals surface area contributed by atoms with Gasteiger partial charge in [-0.05, 0) is 50.1 Å². The van der Waals surface area contributed by atoms with Gasteiger partial charge in [-0.3, -0.25) is 19.3 Å². The zero-order chi connectivity index (χ0) is 31.1. The molecule has 9 nitrogen and oxygen atoms in total. The second kappa shape index (κ2) is 14.2. The molecule has 3 aliphatic heterocycles. The number of carbonyl (C=O) groups excluding carboxylic acids is 3. The van der Waals surface area contributed by atoms with Crippen LogP contribution in [0.2, 0.25) is 20.1 Å². The van der Waals surface area contributed by atoms with E-state index in [1.807, 2.05) is 0 Å². The summed E-state index contributed by atoms with van der Waals surface area (Å²) in [5.74, 6) is -0.618. The lowest BCUT2D eigenvalue weighted by atomic mass is 9.92. The molecule has 3 heterocycles. The monoisotopic (exact) mass is 703 g/mol. The SMILES string of the molecule is CC(=O)N1CCN(C(=O)c2c(Cl)cc(NC3CN(C4CCN(C(=O)[C@@](C)(O)c5cc(Cl)ccc5Cl)CC4)C3)cc2Cl)CC1.S. The number of anilines is 1. The highest BCUT2D eigenvalue weighted by Crippen LogP contribution is 2.35. The molecule has 3 saturated heterocycles. The first-order chi connectivity index (χ1) is 20.3. The molecule has 1 atom stereocenters. The van der Waals surface area contributed by atoms with Crippen molar-refractivity contribution in [2.75, 3.05) is 57.7 Å². The first kappa shape index (κ1) is 34.9. The van der Waals surface area contributed by atoms with Gasteiger partial charge in [-0.2, -0.15) is 13.5 Å². The van der Waals surface area contributed by atoms with Crippen molar-refractivity contribution in [1.82, 2.24) is 19.6 Å². The lowest BCUT2D eigenvalue weighted by Crippen LogP contribution is -2.61. The maximum absolute atomic E-state index is 13.2. The third kappa shape index (κ3) is 7.38. The zero-order valence-corrected chi connectivity index (χ0v) is 28.6. The summed E-state index contributed by atoms with van der Waals surface area (Å²) < 4.78 is 0. The maximum Gasteiger partial charge on any atom is 0.258 e. The van der Waals surface area contributed by atoms with E-state index in [1.54, 1.807) is 39.0 Å². The van der Waals surface area contributed by atoms with Gasteiger partial charge in [0.15, 0.2) is 5.60 Å². The number of nitrogens with zero attached hydrogens (tertiary/aromatic N) is 4. The largest absolute Gasteiger partial charge is 0.380 e. The second-order valence-corrected chi connectivity index (χ2v) is 13.3. The molecule has 2 aromatic rings. The van der Waals surface area contributed by atoms with Crippen LogP contribution in [-0.2, 0) is 15.2 Å². The van der Waals surface area contributed by atoms with Crippen LogP contribution in [0.15, 0.2) is 30.3 Å². The second-order valence-electron chi connectivity index (χ2n) is 11.6. The average Bonchev–Trinajstić information content (AvgIpc) is 2.95. The van der Waals surface area contributed by atoms with Crippen molar-refractivity contribution in [1.29, 1.82) is 0 Å².